The van der Waals surface area contributed by atoms with Crippen LogP contribution < -0.4 is 4.74 Å². The van der Waals surface area contributed by atoms with Gasteiger partial charge in [-0.2, -0.15) is 5.10 Å². The van der Waals surface area contributed by atoms with Crippen LogP contribution in [0.1, 0.15) is 68.6 Å². The van der Waals surface area contributed by atoms with Gasteiger partial charge in [0.15, 0.2) is 9.84 Å². The maximum Gasteiger partial charge on any atom is 0.222 e. The minimum absolute atomic E-state index is 0.0525. The standard InChI is InChI=1S/C25H37N3O4S/c1-18-23(19(2)28(26-18)21-13-15-33(30,31)17-21)16-27(6)24(29)8-7-14-32-22-11-9-20(10-12-22)25(3,4)5/h9-12,21H,7-8,13-17H2,1-6H3/t21-/m0/s1. The molecular formula is C25H37N3O4S. The minimum atomic E-state index is -2.98. The highest BCUT2D eigenvalue weighted by atomic mass is 32.2. The molecule has 2 heterocycles. The molecule has 1 aromatic heterocycles. The molecule has 0 aliphatic carbocycles. The van der Waals surface area contributed by atoms with Crippen molar-refractivity contribution < 1.29 is 17.9 Å². The van der Waals surface area contributed by atoms with Crippen molar-refractivity contribution in [1.82, 2.24) is 14.7 Å². The summed E-state index contributed by atoms with van der Waals surface area (Å²) < 4.78 is 31.3. The Kier molecular flexibility index (Phi) is 7.56. The first-order valence-electron chi connectivity index (χ1n) is 11.6. The predicted octanol–water partition coefficient (Wildman–Crippen LogP) is 3.97. The Bertz CT molecular complexity index is 1080. The lowest BCUT2D eigenvalue weighted by Crippen LogP contribution is -2.27. The van der Waals surface area contributed by atoms with Gasteiger partial charge in [-0.1, -0.05) is 32.9 Å². The third kappa shape index (κ3) is 6.37. The SMILES string of the molecule is Cc1nn([C@H]2CCS(=O)(=O)C2)c(C)c1CN(C)C(=O)CCCOc1ccc(C(C)(C)C)cc1. The lowest BCUT2D eigenvalue weighted by atomic mass is 9.87. The molecule has 1 aliphatic heterocycles. The minimum Gasteiger partial charge on any atom is -0.494 e. The number of nitrogens with zero attached hydrogens (tertiary/aromatic N) is 3. The van der Waals surface area contributed by atoms with E-state index in [2.05, 4.69) is 38.0 Å². The number of hydrogen-bond acceptors (Lipinski definition) is 5. The zero-order valence-electron chi connectivity index (χ0n) is 20.7. The molecule has 1 amide bonds. The summed E-state index contributed by atoms with van der Waals surface area (Å²) in [6.07, 6.45) is 1.64. The molecule has 7 nitrogen and oxygen atoms in total. The van der Waals surface area contributed by atoms with Gasteiger partial charge in [0.2, 0.25) is 5.91 Å². The first-order chi connectivity index (χ1) is 15.4. The first-order valence-corrected chi connectivity index (χ1v) is 13.4. The van der Waals surface area contributed by atoms with Gasteiger partial charge in [-0.25, -0.2) is 8.42 Å². The molecule has 3 rings (SSSR count). The third-order valence-electron chi connectivity index (χ3n) is 6.37. The molecule has 1 saturated heterocycles. The van der Waals surface area contributed by atoms with Crippen molar-refractivity contribution in [2.45, 2.75) is 71.9 Å². The molecule has 0 N–H and O–H groups in total. The van der Waals surface area contributed by atoms with Crippen LogP contribution in [0.3, 0.4) is 0 Å². The normalized spacial score (nSPS) is 17.8. The molecule has 1 aliphatic rings. The van der Waals surface area contributed by atoms with Crippen molar-refractivity contribution in [3.63, 3.8) is 0 Å². The fraction of sp³-hybridized carbons (Fsp3) is 0.600. The lowest BCUT2D eigenvalue weighted by Gasteiger charge is -2.19. The van der Waals surface area contributed by atoms with Gasteiger partial charge in [-0.05, 0) is 49.8 Å². The molecular weight excluding hydrogens is 438 g/mol. The lowest BCUT2D eigenvalue weighted by molar-refractivity contribution is -0.130. The number of aromatic nitrogens is 2. The van der Waals surface area contributed by atoms with Gasteiger partial charge in [0.05, 0.1) is 29.8 Å². The van der Waals surface area contributed by atoms with E-state index in [0.29, 0.717) is 32.4 Å². The highest BCUT2D eigenvalue weighted by Crippen LogP contribution is 2.27. The number of aryl methyl sites for hydroxylation is 1. The molecule has 33 heavy (non-hydrogen) atoms. The number of amides is 1. The van der Waals surface area contributed by atoms with E-state index >= 15 is 0 Å². The van der Waals surface area contributed by atoms with Gasteiger partial charge >= 0.3 is 0 Å². The molecule has 2 aromatic rings. The highest BCUT2D eigenvalue weighted by Gasteiger charge is 2.31. The maximum absolute atomic E-state index is 12.6. The summed E-state index contributed by atoms with van der Waals surface area (Å²) in [7, 11) is -1.18. The molecule has 8 heteroatoms. The van der Waals surface area contributed by atoms with E-state index in [1.165, 1.54) is 5.56 Å². The van der Waals surface area contributed by atoms with Crippen molar-refractivity contribution in [1.29, 1.82) is 0 Å². The van der Waals surface area contributed by atoms with Crippen LogP contribution in [0.2, 0.25) is 0 Å². The van der Waals surface area contributed by atoms with Crippen LogP contribution in [0, 0.1) is 13.8 Å². The van der Waals surface area contributed by atoms with E-state index < -0.39 is 9.84 Å². The Morgan fingerprint density at radius 1 is 1.21 bits per heavy atom. The average molecular weight is 476 g/mol. The van der Waals surface area contributed by atoms with Gasteiger partial charge < -0.3 is 9.64 Å². The van der Waals surface area contributed by atoms with E-state index in [9.17, 15) is 13.2 Å². The summed E-state index contributed by atoms with van der Waals surface area (Å²) in [4.78, 5) is 14.4. The van der Waals surface area contributed by atoms with E-state index in [1.54, 1.807) is 11.9 Å². The largest absolute Gasteiger partial charge is 0.494 e. The van der Waals surface area contributed by atoms with Crippen molar-refractivity contribution in [2.24, 2.45) is 0 Å². The number of carbonyl (C=O) groups excluding carboxylic acids is 1. The first kappa shape index (κ1) is 25.3. The number of ether oxygens (including phenoxy) is 1. The van der Waals surface area contributed by atoms with Crippen LogP contribution >= 0.6 is 0 Å². The molecule has 182 valence electrons. The fourth-order valence-corrected chi connectivity index (χ4v) is 5.92. The van der Waals surface area contributed by atoms with Gasteiger partial charge in [0.25, 0.3) is 0 Å². The van der Waals surface area contributed by atoms with Gasteiger partial charge in [-0.3, -0.25) is 9.48 Å². The maximum atomic E-state index is 12.6. The van der Waals surface area contributed by atoms with E-state index in [0.717, 1.165) is 22.7 Å². The second-order valence-electron chi connectivity index (χ2n) is 10.1. The van der Waals surface area contributed by atoms with Crippen molar-refractivity contribution in [2.75, 3.05) is 25.2 Å². The van der Waals surface area contributed by atoms with Crippen molar-refractivity contribution in [3.05, 3.63) is 46.8 Å². The molecule has 0 spiro atoms. The van der Waals surface area contributed by atoms with Gasteiger partial charge in [0, 0.05) is 31.3 Å². The number of rotatable bonds is 8. The molecule has 0 bridgehead atoms. The molecule has 1 aromatic carbocycles. The van der Waals surface area contributed by atoms with Crippen LogP contribution in [0.15, 0.2) is 24.3 Å². The van der Waals surface area contributed by atoms with Crippen LogP contribution in [0.25, 0.3) is 0 Å². The summed E-state index contributed by atoms with van der Waals surface area (Å²) >= 11 is 0. The van der Waals surface area contributed by atoms with Crippen molar-refractivity contribution in [3.8, 4) is 5.75 Å². The molecule has 0 unspecified atom stereocenters. The Morgan fingerprint density at radius 2 is 1.88 bits per heavy atom. The number of carbonyl (C=O) groups is 1. The van der Waals surface area contributed by atoms with Crippen molar-refractivity contribution >= 4 is 15.7 Å². The quantitative estimate of drug-likeness (QED) is 0.540. The summed E-state index contributed by atoms with van der Waals surface area (Å²) in [5.74, 6) is 1.22. The second-order valence-corrected chi connectivity index (χ2v) is 12.4. The Labute approximate surface area is 198 Å². The zero-order valence-corrected chi connectivity index (χ0v) is 21.5. The van der Waals surface area contributed by atoms with Gasteiger partial charge in [0.1, 0.15) is 5.75 Å². The van der Waals surface area contributed by atoms with Crippen LogP contribution in [0.4, 0.5) is 0 Å². The Hall–Kier alpha value is -2.35. The van der Waals surface area contributed by atoms with E-state index in [1.807, 2.05) is 30.7 Å². The summed E-state index contributed by atoms with van der Waals surface area (Å²) in [6.45, 7) is 11.4. The topological polar surface area (TPSA) is 81.5 Å². The Morgan fingerprint density at radius 3 is 2.45 bits per heavy atom. The zero-order chi connectivity index (χ0) is 24.4. The summed E-state index contributed by atoms with van der Waals surface area (Å²) in [5, 5.41) is 4.59. The van der Waals surface area contributed by atoms with Crippen LogP contribution in [0.5, 0.6) is 5.75 Å². The van der Waals surface area contributed by atoms with Crippen LogP contribution in [-0.4, -0.2) is 54.2 Å². The predicted molar refractivity (Wildman–Crippen MR) is 130 cm³/mol. The van der Waals surface area contributed by atoms with E-state index in [4.69, 9.17) is 4.74 Å². The molecule has 0 radical (unpaired) electrons. The third-order valence-corrected chi connectivity index (χ3v) is 8.12. The Balaban J connectivity index is 1.49. The summed E-state index contributed by atoms with van der Waals surface area (Å²) in [6, 6.07) is 8.01. The monoisotopic (exact) mass is 475 g/mol. The molecule has 1 fully saturated rings. The average Bonchev–Trinajstić information content (AvgIpc) is 3.23. The van der Waals surface area contributed by atoms with Crippen LogP contribution in [-0.2, 0) is 26.6 Å². The highest BCUT2D eigenvalue weighted by molar-refractivity contribution is 7.91. The van der Waals surface area contributed by atoms with E-state index in [-0.39, 0.29) is 28.9 Å². The second kappa shape index (κ2) is 9.87. The molecule has 0 saturated carbocycles. The fourth-order valence-electron chi connectivity index (χ4n) is 4.23. The molecule has 1 atom stereocenters. The summed E-state index contributed by atoms with van der Waals surface area (Å²) in [5.41, 5.74) is 4.15. The number of hydrogen-bond donors (Lipinski definition) is 0. The smallest absolute Gasteiger partial charge is 0.222 e. The van der Waals surface area contributed by atoms with Gasteiger partial charge in [-0.15, -0.1) is 0 Å². The number of benzene rings is 1. The number of sulfone groups is 1.